The molecule has 0 bridgehead atoms. The third-order valence-corrected chi connectivity index (χ3v) is 3.92. The molecule has 1 aliphatic rings. The van der Waals surface area contributed by atoms with Crippen molar-refractivity contribution in [3.05, 3.63) is 66.0 Å². The fourth-order valence-corrected chi connectivity index (χ4v) is 2.51. The Morgan fingerprint density at radius 3 is 2.38 bits per heavy atom. The summed E-state index contributed by atoms with van der Waals surface area (Å²) in [7, 11) is 1.62. The lowest BCUT2D eigenvalue weighted by Gasteiger charge is -2.28. The van der Waals surface area contributed by atoms with Gasteiger partial charge in [-0.2, -0.15) is 0 Å². The van der Waals surface area contributed by atoms with Crippen LogP contribution in [0.2, 0.25) is 0 Å². The molecule has 0 saturated carbocycles. The van der Waals surface area contributed by atoms with Gasteiger partial charge in [0.15, 0.2) is 11.6 Å². The second kappa shape index (κ2) is 9.03. The maximum Gasteiger partial charge on any atom is 0.237 e. The Hall–Kier alpha value is -2.83. The van der Waals surface area contributed by atoms with E-state index in [0.29, 0.717) is 19.4 Å². The van der Waals surface area contributed by atoms with E-state index in [-0.39, 0.29) is 17.4 Å². The summed E-state index contributed by atoms with van der Waals surface area (Å²) in [5.74, 6) is -4.05. The first-order valence-electron chi connectivity index (χ1n) is 8.10. The van der Waals surface area contributed by atoms with E-state index < -0.39 is 23.5 Å². The number of nitrogens with zero attached hydrogens (tertiary/aromatic N) is 1. The van der Waals surface area contributed by atoms with Gasteiger partial charge in [0.25, 0.3) is 0 Å². The van der Waals surface area contributed by atoms with Crippen LogP contribution in [0, 0.1) is 23.4 Å². The van der Waals surface area contributed by atoms with Crippen molar-refractivity contribution in [2.24, 2.45) is 5.92 Å². The number of amides is 2. The smallest absolute Gasteiger partial charge is 0.237 e. The Balaban J connectivity index is 0.000000290. The highest BCUT2D eigenvalue weighted by Crippen LogP contribution is 2.21. The third-order valence-electron chi connectivity index (χ3n) is 3.92. The molecule has 1 aliphatic heterocycles. The maximum absolute atomic E-state index is 13.4. The number of carbonyl (C=O) groups excluding carboxylic acids is 2. The Morgan fingerprint density at radius 2 is 1.77 bits per heavy atom. The number of nitrogens with one attached hydrogen (secondary N) is 1. The summed E-state index contributed by atoms with van der Waals surface area (Å²) in [6, 6.07) is 11.5. The van der Waals surface area contributed by atoms with Gasteiger partial charge in [-0.25, -0.2) is 13.2 Å². The molecule has 1 fully saturated rings. The highest BCUT2D eigenvalue weighted by atomic mass is 19.2. The fraction of sp³-hybridized carbons (Fsp3) is 0.263. The maximum atomic E-state index is 13.4. The van der Waals surface area contributed by atoms with Crippen LogP contribution >= 0.6 is 0 Å². The Morgan fingerprint density at radius 1 is 1.08 bits per heavy atom. The van der Waals surface area contributed by atoms with Gasteiger partial charge in [-0.15, -0.1) is 0 Å². The molecule has 7 heteroatoms. The minimum absolute atomic E-state index is 0.178. The number of carbonyl (C=O) groups is 2. The topological polar surface area (TPSA) is 49.4 Å². The van der Waals surface area contributed by atoms with Crippen LogP contribution < -0.4 is 5.32 Å². The zero-order valence-corrected chi connectivity index (χ0v) is 14.2. The van der Waals surface area contributed by atoms with Crippen LogP contribution in [0.25, 0.3) is 0 Å². The van der Waals surface area contributed by atoms with Crippen LogP contribution in [0.3, 0.4) is 0 Å². The molecule has 4 nitrogen and oxygen atoms in total. The van der Waals surface area contributed by atoms with Gasteiger partial charge in [-0.05, 0) is 37.1 Å². The molecule has 2 aromatic carbocycles. The molecule has 2 amide bonds. The highest BCUT2D eigenvalue weighted by Gasteiger charge is 2.32. The lowest BCUT2D eigenvalue weighted by atomic mass is 9.96. The molecule has 1 atom stereocenters. The van der Waals surface area contributed by atoms with Crippen molar-refractivity contribution < 1.29 is 22.8 Å². The third kappa shape index (κ3) is 5.08. The van der Waals surface area contributed by atoms with E-state index >= 15 is 0 Å². The SMILES string of the molecule is CN1CCC[C@@H](C(=O)Nc2cccc(F)c2F)C1=O.Fc1ccccc1. The van der Waals surface area contributed by atoms with Crippen molar-refractivity contribution in [1.29, 1.82) is 0 Å². The Bertz CT molecular complexity index is 769. The van der Waals surface area contributed by atoms with Crippen molar-refractivity contribution in [3.63, 3.8) is 0 Å². The molecule has 2 aromatic rings. The zero-order chi connectivity index (χ0) is 19.1. The minimum Gasteiger partial charge on any atom is -0.345 e. The Kier molecular flexibility index (Phi) is 6.77. The van der Waals surface area contributed by atoms with E-state index in [1.54, 1.807) is 25.2 Å². The molecular weight excluding hydrogens is 345 g/mol. The number of likely N-dealkylation sites (tertiary alicyclic amines) is 1. The first-order chi connectivity index (χ1) is 12.4. The number of rotatable bonds is 2. The summed E-state index contributed by atoms with van der Waals surface area (Å²) in [4.78, 5) is 25.2. The van der Waals surface area contributed by atoms with Crippen LogP contribution in [0.1, 0.15) is 12.8 Å². The zero-order valence-electron chi connectivity index (χ0n) is 14.2. The molecule has 26 heavy (non-hydrogen) atoms. The highest BCUT2D eigenvalue weighted by molar-refractivity contribution is 6.06. The Labute approximate surface area is 149 Å². The first kappa shape index (κ1) is 19.5. The average molecular weight is 364 g/mol. The predicted molar refractivity (Wildman–Crippen MR) is 91.7 cm³/mol. The first-order valence-corrected chi connectivity index (χ1v) is 8.10. The van der Waals surface area contributed by atoms with Gasteiger partial charge in [0, 0.05) is 13.6 Å². The van der Waals surface area contributed by atoms with Gasteiger partial charge in [0.1, 0.15) is 11.7 Å². The van der Waals surface area contributed by atoms with E-state index in [9.17, 15) is 22.8 Å². The molecule has 1 N–H and O–H groups in total. The van der Waals surface area contributed by atoms with E-state index in [1.807, 2.05) is 0 Å². The van der Waals surface area contributed by atoms with Gasteiger partial charge in [-0.1, -0.05) is 24.3 Å². The molecule has 3 rings (SSSR count). The van der Waals surface area contributed by atoms with Crippen LogP contribution in [0.5, 0.6) is 0 Å². The lowest BCUT2D eigenvalue weighted by molar-refractivity contribution is -0.142. The molecule has 0 spiro atoms. The fourth-order valence-electron chi connectivity index (χ4n) is 2.51. The van der Waals surface area contributed by atoms with Crippen LogP contribution in [-0.4, -0.2) is 30.3 Å². The monoisotopic (exact) mass is 364 g/mol. The van der Waals surface area contributed by atoms with Crippen LogP contribution in [-0.2, 0) is 9.59 Å². The van der Waals surface area contributed by atoms with E-state index in [4.69, 9.17) is 0 Å². The summed E-state index contributed by atoms with van der Waals surface area (Å²) < 4.78 is 38.3. The number of hydrogen-bond acceptors (Lipinski definition) is 2. The molecule has 1 saturated heterocycles. The standard InChI is InChI=1S/C13H14F2N2O2.C6H5F/c1-17-7-3-4-8(13(17)19)12(18)16-10-6-2-5-9(14)11(10)15;7-6-4-2-1-3-5-6/h2,5-6,8H,3-4,7H2,1H3,(H,16,18);1-5H/t8-;/m0./s1. The van der Waals surface area contributed by atoms with Gasteiger partial charge < -0.3 is 10.2 Å². The average Bonchev–Trinajstić information content (AvgIpc) is 2.62. The van der Waals surface area contributed by atoms with Crippen LogP contribution in [0.4, 0.5) is 18.9 Å². The van der Waals surface area contributed by atoms with Crippen molar-refractivity contribution >= 4 is 17.5 Å². The normalized spacial score (nSPS) is 16.5. The molecule has 1 heterocycles. The number of piperidine rings is 1. The largest absolute Gasteiger partial charge is 0.345 e. The van der Waals surface area contributed by atoms with E-state index in [2.05, 4.69) is 5.32 Å². The number of hydrogen-bond donors (Lipinski definition) is 1. The second-order valence-electron chi connectivity index (χ2n) is 5.84. The summed E-state index contributed by atoms with van der Waals surface area (Å²) in [5.41, 5.74) is -0.244. The van der Waals surface area contributed by atoms with Crippen molar-refractivity contribution in [2.75, 3.05) is 18.9 Å². The summed E-state index contributed by atoms with van der Waals surface area (Å²) in [6.45, 7) is 0.608. The molecule has 0 radical (unpaired) electrons. The molecule has 138 valence electrons. The quantitative estimate of drug-likeness (QED) is 0.828. The van der Waals surface area contributed by atoms with Crippen LogP contribution in [0.15, 0.2) is 48.5 Å². The minimum atomic E-state index is -1.12. The molecule has 0 aromatic heterocycles. The lowest BCUT2D eigenvalue weighted by Crippen LogP contribution is -2.43. The second-order valence-corrected chi connectivity index (χ2v) is 5.84. The van der Waals surface area contributed by atoms with Crippen molar-refractivity contribution in [1.82, 2.24) is 4.90 Å². The summed E-state index contributed by atoms with van der Waals surface area (Å²) in [6.07, 6.45) is 1.14. The van der Waals surface area contributed by atoms with Gasteiger partial charge >= 0.3 is 0 Å². The van der Waals surface area contributed by atoms with E-state index in [0.717, 1.165) is 6.07 Å². The molecule has 0 aliphatic carbocycles. The number of halogens is 3. The van der Waals surface area contributed by atoms with E-state index in [1.165, 1.54) is 29.2 Å². The van der Waals surface area contributed by atoms with Gasteiger partial charge in [0.2, 0.25) is 11.8 Å². The van der Waals surface area contributed by atoms with Gasteiger partial charge in [0.05, 0.1) is 5.69 Å². The summed E-state index contributed by atoms with van der Waals surface area (Å²) in [5, 5.41) is 2.27. The molecule has 0 unspecified atom stereocenters. The predicted octanol–water partition coefficient (Wildman–Crippen LogP) is 3.60. The number of benzene rings is 2. The van der Waals surface area contributed by atoms with Gasteiger partial charge in [-0.3, -0.25) is 9.59 Å². The summed E-state index contributed by atoms with van der Waals surface area (Å²) >= 11 is 0. The van der Waals surface area contributed by atoms with Crippen molar-refractivity contribution in [3.8, 4) is 0 Å². The molecular formula is C19H19F3N2O2. The number of anilines is 1. The van der Waals surface area contributed by atoms with Crippen molar-refractivity contribution in [2.45, 2.75) is 12.8 Å².